The minimum Gasteiger partial charge on any atom is -0.497 e. The lowest BCUT2D eigenvalue weighted by molar-refractivity contribution is -0.115. The molecule has 7 heteroatoms. The van der Waals surface area contributed by atoms with Gasteiger partial charge in [-0.25, -0.2) is 0 Å². The minimum absolute atomic E-state index is 0.106. The van der Waals surface area contributed by atoms with Gasteiger partial charge in [-0.2, -0.15) is 0 Å². The maximum atomic E-state index is 12.5. The molecular formula is C26H25N3O3S. The van der Waals surface area contributed by atoms with Gasteiger partial charge in [-0.1, -0.05) is 42.5 Å². The number of hydrogen-bond acceptors (Lipinski definition) is 4. The van der Waals surface area contributed by atoms with E-state index in [-0.39, 0.29) is 23.0 Å². The largest absolute Gasteiger partial charge is 0.497 e. The number of amides is 2. The van der Waals surface area contributed by atoms with E-state index in [2.05, 4.69) is 16.0 Å². The molecule has 0 fully saturated rings. The van der Waals surface area contributed by atoms with Gasteiger partial charge in [-0.15, -0.1) is 0 Å². The Morgan fingerprint density at radius 1 is 0.939 bits per heavy atom. The van der Waals surface area contributed by atoms with Gasteiger partial charge in [0.05, 0.1) is 13.2 Å². The Balaban J connectivity index is 1.49. The van der Waals surface area contributed by atoms with Gasteiger partial charge in [0.15, 0.2) is 5.11 Å². The van der Waals surface area contributed by atoms with Crippen molar-refractivity contribution < 1.29 is 14.3 Å². The monoisotopic (exact) mass is 459 g/mol. The van der Waals surface area contributed by atoms with Crippen LogP contribution in [0.1, 0.15) is 34.5 Å². The van der Waals surface area contributed by atoms with Crippen LogP contribution in [0.3, 0.4) is 0 Å². The van der Waals surface area contributed by atoms with Crippen LogP contribution < -0.4 is 20.7 Å². The second-order valence-electron chi connectivity index (χ2n) is 7.23. The molecule has 3 aromatic carbocycles. The van der Waals surface area contributed by atoms with E-state index in [1.54, 1.807) is 37.5 Å². The van der Waals surface area contributed by atoms with Crippen LogP contribution in [0.15, 0.2) is 84.9 Å². The summed E-state index contributed by atoms with van der Waals surface area (Å²) >= 11 is 5.20. The Bertz CT molecular complexity index is 1130. The van der Waals surface area contributed by atoms with Crippen molar-refractivity contribution in [1.82, 2.24) is 10.6 Å². The van der Waals surface area contributed by atoms with Gasteiger partial charge >= 0.3 is 0 Å². The summed E-state index contributed by atoms with van der Waals surface area (Å²) in [7, 11) is 1.60. The topological polar surface area (TPSA) is 79.5 Å². The highest BCUT2D eigenvalue weighted by molar-refractivity contribution is 7.80. The summed E-state index contributed by atoms with van der Waals surface area (Å²) < 4.78 is 5.11. The molecule has 0 heterocycles. The van der Waals surface area contributed by atoms with Crippen molar-refractivity contribution in [2.45, 2.75) is 13.0 Å². The van der Waals surface area contributed by atoms with Crippen molar-refractivity contribution in [2.24, 2.45) is 0 Å². The number of nitrogens with one attached hydrogen (secondary N) is 3. The second-order valence-corrected chi connectivity index (χ2v) is 7.64. The third kappa shape index (κ3) is 7.29. The Hall–Kier alpha value is -3.97. The first-order valence-corrected chi connectivity index (χ1v) is 10.8. The predicted octanol–water partition coefficient (Wildman–Crippen LogP) is 4.71. The van der Waals surface area contributed by atoms with E-state index >= 15 is 0 Å². The summed E-state index contributed by atoms with van der Waals surface area (Å²) in [5.74, 6) is 0.225. The molecule has 1 atom stereocenters. The minimum atomic E-state index is -0.353. The van der Waals surface area contributed by atoms with Crippen molar-refractivity contribution in [3.05, 3.63) is 102 Å². The number of carbonyl (C=O) groups excluding carboxylic acids is 2. The molecule has 0 bridgehead atoms. The van der Waals surface area contributed by atoms with Crippen LogP contribution in [0.4, 0.5) is 5.69 Å². The lowest BCUT2D eigenvalue weighted by atomic mass is 10.1. The molecule has 1 unspecified atom stereocenters. The molecule has 0 aliphatic heterocycles. The molecule has 0 saturated heterocycles. The van der Waals surface area contributed by atoms with Crippen LogP contribution in [0.5, 0.6) is 5.75 Å². The fourth-order valence-electron chi connectivity index (χ4n) is 3.01. The van der Waals surface area contributed by atoms with E-state index < -0.39 is 0 Å². The highest BCUT2D eigenvalue weighted by Crippen LogP contribution is 2.15. The maximum Gasteiger partial charge on any atom is 0.251 e. The summed E-state index contributed by atoms with van der Waals surface area (Å²) in [5, 5.41) is 8.67. The molecule has 6 nitrogen and oxygen atoms in total. The Morgan fingerprint density at radius 3 is 2.24 bits per heavy atom. The summed E-state index contributed by atoms with van der Waals surface area (Å²) in [6, 6.07) is 23.8. The number of methoxy groups -OCH3 is 1. The fraction of sp³-hybridized carbons (Fsp3) is 0.115. The third-order valence-corrected chi connectivity index (χ3v) is 5.04. The molecule has 33 heavy (non-hydrogen) atoms. The van der Waals surface area contributed by atoms with Crippen molar-refractivity contribution in [1.29, 1.82) is 0 Å². The summed E-state index contributed by atoms with van der Waals surface area (Å²) in [6.45, 7) is 1.94. The van der Waals surface area contributed by atoms with E-state index in [1.807, 2.05) is 61.5 Å². The van der Waals surface area contributed by atoms with Crippen LogP contribution >= 0.6 is 12.2 Å². The van der Waals surface area contributed by atoms with Crippen LogP contribution in [-0.4, -0.2) is 24.0 Å². The zero-order valence-electron chi connectivity index (χ0n) is 18.4. The summed E-state index contributed by atoms with van der Waals surface area (Å²) in [6.07, 6.45) is 3.08. The molecule has 0 aliphatic carbocycles. The average Bonchev–Trinajstić information content (AvgIpc) is 2.84. The van der Waals surface area contributed by atoms with E-state index in [4.69, 9.17) is 17.0 Å². The first-order chi connectivity index (χ1) is 15.9. The number of benzene rings is 3. The van der Waals surface area contributed by atoms with E-state index in [9.17, 15) is 9.59 Å². The predicted molar refractivity (Wildman–Crippen MR) is 135 cm³/mol. The van der Waals surface area contributed by atoms with Gasteiger partial charge in [0.25, 0.3) is 5.91 Å². The Morgan fingerprint density at radius 2 is 1.61 bits per heavy atom. The molecule has 0 spiro atoms. The molecular weight excluding hydrogens is 434 g/mol. The van der Waals surface area contributed by atoms with Gasteiger partial charge in [0, 0.05) is 17.3 Å². The highest BCUT2D eigenvalue weighted by Gasteiger charge is 2.11. The molecule has 168 valence electrons. The second kappa shape index (κ2) is 11.6. The molecule has 2 amide bonds. The average molecular weight is 460 g/mol. The van der Waals surface area contributed by atoms with Crippen LogP contribution in [0.2, 0.25) is 0 Å². The SMILES string of the molecule is COc1ccc(/C=C/C(=O)NC(=S)Nc2ccc(C(=O)NC(C)c3ccccc3)cc2)cc1. The molecule has 0 saturated carbocycles. The number of ether oxygens (including phenoxy) is 1. The highest BCUT2D eigenvalue weighted by atomic mass is 32.1. The third-order valence-electron chi connectivity index (χ3n) is 4.83. The van der Waals surface area contributed by atoms with E-state index in [0.29, 0.717) is 11.3 Å². The number of anilines is 1. The van der Waals surface area contributed by atoms with Crippen molar-refractivity contribution >= 4 is 40.9 Å². The summed E-state index contributed by atoms with van der Waals surface area (Å²) in [5.41, 5.74) is 3.08. The van der Waals surface area contributed by atoms with Crippen molar-refractivity contribution in [3.63, 3.8) is 0 Å². The van der Waals surface area contributed by atoms with Crippen LogP contribution in [0.25, 0.3) is 6.08 Å². The van der Waals surface area contributed by atoms with Gasteiger partial charge < -0.3 is 15.4 Å². The van der Waals surface area contributed by atoms with E-state index in [0.717, 1.165) is 16.9 Å². The normalized spacial score (nSPS) is 11.5. The first kappa shape index (κ1) is 23.7. The number of thiocarbonyl (C=S) groups is 1. The zero-order chi connectivity index (χ0) is 23.6. The van der Waals surface area contributed by atoms with Gasteiger partial charge in [-0.3, -0.25) is 14.9 Å². The summed E-state index contributed by atoms with van der Waals surface area (Å²) in [4.78, 5) is 24.6. The lowest BCUT2D eigenvalue weighted by Crippen LogP contribution is -2.32. The number of rotatable bonds is 7. The molecule has 3 aromatic rings. The van der Waals surface area contributed by atoms with Crippen molar-refractivity contribution in [2.75, 3.05) is 12.4 Å². The quantitative estimate of drug-likeness (QED) is 0.352. The molecule has 0 aromatic heterocycles. The molecule has 0 aliphatic rings. The lowest BCUT2D eigenvalue weighted by Gasteiger charge is -2.14. The molecule has 0 radical (unpaired) electrons. The fourth-order valence-corrected chi connectivity index (χ4v) is 3.23. The molecule has 3 rings (SSSR count). The Labute approximate surface area is 198 Å². The number of hydrogen-bond donors (Lipinski definition) is 3. The van der Waals surface area contributed by atoms with E-state index in [1.165, 1.54) is 6.08 Å². The van der Waals surface area contributed by atoms with Crippen molar-refractivity contribution in [3.8, 4) is 5.75 Å². The van der Waals surface area contributed by atoms with Crippen LogP contribution in [0, 0.1) is 0 Å². The first-order valence-electron chi connectivity index (χ1n) is 10.3. The van der Waals surface area contributed by atoms with Gasteiger partial charge in [0.2, 0.25) is 5.91 Å². The van der Waals surface area contributed by atoms with Crippen LogP contribution in [-0.2, 0) is 4.79 Å². The Kier molecular flexibility index (Phi) is 8.32. The smallest absolute Gasteiger partial charge is 0.251 e. The zero-order valence-corrected chi connectivity index (χ0v) is 19.2. The number of carbonyl (C=O) groups is 2. The standard InChI is InChI=1S/C26H25N3O3S/c1-18(20-6-4-3-5-7-20)27-25(31)21-11-13-22(14-12-21)28-26(33)29-24(30)17-10-19-8-15-23(32-2)16-9-19/h3-18H,1-2H3,(H,27,31)(H2,28,29,30,33)/b17-10+. The maximum absolute atomic E-state index is 12.5. The van der Waals surface area contributed by atoms with Gasteiger partial charge in [-0.05, 0) is 72.7 Å². The van der Waals surface area contributed by atoms with Gasteiger partial charge in [0.1, 0.15) is 5.75 Å². The molecule has 3 N–H and O–H groups in total.